The van der Waals surface area contributed by atoms with Crippen molar-refractivity contribution in [3.63, 3.8) is 0 Å². The second-order valence-corrected chi connectivity index (χ2v) is 8.84. The molecule has 1 atom stereocenters. The van der Waals surface area contributed by atoms with Crippen LogP contribution in [-0.2, 0) is 0 Å². The number of para-hydroxylation sites is 2. The van der Waals surface area contributed by atoms with Gasteiger partial charge in [0, 0.05) is 11.7 Å². The average molecular weight is 391 g/mol. The third-order valence-corrected chi connectivity index (χ3v) is 6.50. The summed E-state index contributed by atoms with van der Waals surface area (Å²) in [5.74, 6) is 0.971. The molecule has 1 aliphatic carbocycles. The van der Waals surface area contributed by atoms with Crippen LogP contribution in [0.25, 0.3) is 16.6 Å². The molecule has 0 N–H and O–H groups in total. The molecule has 0 aliphatic heterocycles. The maximum absolute atomic E-state index is 13.1. The van der Waals surface area contributed by atoms with Gasteiger partial charge in [0.1, 0.15) is 4.33 Å². The van der Waals surface area contributed by atoms with E-state index >= 15 is 0 Å². The third-order valence-electron chi connectivity index (χ3n) is 4.47. The Labute approximate surface area is 160 Å². The van der Waals surface area contributed by atoms with E-state index in [4.69, 9.17) is 28.2 Å². The highest BCUT2D eigenvalue weighted by molar-refractivity contribution is 7.99. The predicted molar refractivity (Wildman–Crippen MR) is 105 cm³/mol. The normalized spacial score (nSPS) is 18.4. The fourth-order valence-electron chi connectivity index (χ4n) is 2.86. The number of benzene rings is 2. The Bertz CT molecular complexity index is 1020. The number of aryl methyl sites for hydroxylation is 1. The van der Waals surface area contributed by atoms with Crippen molar-refractivity contribution in [2.45, 2.75) is 22.8 Å². The van der Waals surface area contributed by atoms with Crippen molar-refractivity contribution in [3.8, 4) is 5.69 Å². The standard InChI is InChI=1S/C19H16Cl2N2OS/c1-12-6-2-5-9-16(12)23-17(24)14-7-3-4-8-15(14)22-18(23)25-11-13-10-19(13,20)21/h2-9,13H,10-11H2,1H3/t13-/m1/s1. The minimum Gasteiger partial charge on any atom is -0.268 e. The molecule has 1 aliphatic rings. The van der Waals surface area contributed by atoms with Gasteiger partial charge in [-0.25, -0.2) is 4.98 Å². The molecular weight excluding hydrogens is 375 g/mol. The Morgan fingerprint density at radius 3 is 2.60 bits per heavy atom. The molecule has 4 rings (SSSR count). The van der Waals surface area contributed by atoms with Crippen LogP contribution in [0.5, 0.6) is 0 Å². The van der Waals surface area contributed by atoms with Crippen molar-refractivity contribution in [1.82, 2.24) is 9.55 Å². The molecule has 3 aromatic rings. The van der Waals surface area contributed by atoms with Gasteiger partial charge in [-0.15, -0.1) is 23.2 Å². The minimum atomic E-state index is -0.627. The summed E-state index contributed by atoms with van der Waals surface area (Å²) in [5, 5.41) is 1.29. The van der Waals surface area contributed by atoms with Crippen molar-refractivity contribution in [2.24, 2.45) is 5.92 Å². The Kier molecular flexibility index (Phi) is 4.30. The zero-order valence-corrected chi connectivity index (χ0v) is 15.9. The van der Waals surface area contributed by atoms with Gasteiger partial charge in [-0.2, -0.15) is 0 Å². The van der Waals surface area contributed by atoms with Crippen LogP contribution in [-0.4, -0.2) is 19.6 Å². The van der Waals surface area contributed by atoms with E-state index in [0.29, 0.717) is 16.1 Å². The van der Waals surface area contributed by atoms with E-state index in [1.807, 2.05) is 55.5 Å². The number of hydrogen-bond donors (Lipinski definition) is 0. The largest absolute Gasteiger partial charge is 0.268 e. The van der Waals surface area contributed by atoms with Gasteiger partial charge in [0.25, 0.3) is 5.56 Å². The average Bonchev–Trinajstić information content (AvgIpc) is 3.21. The molecule has 1 heterocycles. The highest BCUT2D eigenvalue weighted by atomic mass is 35.5. The van der Waals surface area contributed by atoms with Crippen molar-refractivity contribution >= 4 is 45.9 Å². The fourth-order valence-corrected chi connectivity index (χ4v) is 4.80. The number of aromatic nitrogens is 2. The summed E-state index contributed by atoms with van der Waals surface area (Å²) in [4.78, 5) is 17.9. The highest BCUT2D eigenvalue weighted by Crippen LogP contribution is 2.54. The van der Waals surface area contributed by atoms with Crippen molar-refractivity contribution < 1.29 is 0 Å². The molecule has 3 nitrogen and oxygen atoms in total. The number of halogens is 2. The smallest absolute Gasteiger partial charge is 0.266 e. The van der Waals surface area contributed by atoms with Crippen LogP contribution in [0.15, 0.2) is 58.5 Å². The van der Waals surface area contributed by atoms with E-state index in [9.17, 15) is 4.79 Å². The second-order valence-electron chi connectivity index (χ2n) is 6.31. The molecule has 0 spiro atoms. The second kappa shape index (κ2) is 6.35. The lowest BCUT2D eigenvalue weighted by atomic mass is 10.2. The SMILES string of the molecule is Cc1ccccc1-n1c(SC[C@H]2CC2(Cl)Cl)nc2ccccc2c1=O. The van der Waals surface area contributed by atoms with Gasteiger partial charge in [-0.3, -0.25) is 9.36 Å². The summed E-state index contributed by atoms with van der Waals surface area (Å²) < 4.78 is 1.08. The molecule has 0 unspecified atom stereocenters. The van der Waals surface area contributed by atoms with Crippen molar-refractivity contribution in [2.75, 3.05) is 5.75 Å². The van der Waals surface area contributed by atoms with Gasteiger partial charge in [0.15, 0.2) is 5.16 Å². The topological polar surface area (TPSA) is 34.9 Å². The van der Waals surface area contributed by atoms with Crippen LogP contribution < -0.4 is 5.56 Å². The number of nitrogens with zero attached hydrogens (tertiary/aromatic N) is 2. The van der Waals surface area contributed by atoms with E-state index < -0.39 is 4.33 Å². The van der Waals surface area contributed by atoms with Crippen LogP contribution in [0.1, 0.15) is 12.0 Å². The maximum Gasteiger partial charge on any atom is 0.266 e. The van der Waals surface area contributed by atoms with Crippen LogP contribution in [0.3, 0.4) is 0 Å². The van der Waals surface area contributed by atoms with E-state index in [-0.39, 0.29) is 11.5 Å². The molecule has 128 valence electrons. The molecule has 25 heavy (non-hydrogen) atoms. The lowest BCUT2D eigenvalue weighted by Crippen LogP contribution is -2.22. The first-order chi connectivity index (χ1) is 12.0. The Hall–Kier alpha value is -1.49. The zero-order valence-electron chi connectivity index (χ0n) is 13.6. The summed E-state index contributed by atoms with van der Waals surface area (Å²) in [6.07, 6.45) is 0.783. The molecule has 0 saturated heterocycles. The Balaban J connectivity index is 1.86. The summed E-state index contributed by atoms with van der Waals surface area (Å²) in [7, 11) is 0. The lowest BCUT2D eigenvalue weighted by Gasteiger charge is -2.15. The van der Waals surface area contributed by atoms with Gasteiger partial charge in [-0.05, 0) is 37.1 Å². The van der Waals surface area contributed by atoms with Crippen LogP contribution in [0, 0.1) is 12.8 Å². The third kappa shape index (κ3) is 3.19. The summed E-state index contributed by atoms with van der Waals surface area (Å²) in [6.45, 7) is 1.99. The number of alkyl halides is 2. The molecular formula is C19H16Cl2N2OS. The van der Waals surface area contributed by atoms with Gasteiger partial charge in [0.2, 0.25) is 0 Å². The lowest BCUT2D eigenvalue weighted by molar-refractivity contribution is 0.811. The molecule has 6 heteroatoms. The van der Waals surface area contributed by atoms with Crippen LogP contribution in [0.2, 0.25) is 0 Å². The molecule has 0 amide bonds. The van der Waals surface area contributed by atoms with Gasteiger partial charge in [-0.1, -0.05) is 42.1 Å². The Morgan fingerprint density at radius 2 is 1.88 bits per heavy atom. The fraction of sp³-hybridized carbons (Fsp3) is 0.263. The summed E-state index contributed by atoms with van der Waals surface area (Å²) in [5.41, 5.74) is 2.53. The van der Waals surface area contributed by atoms with Gasteiger partial charge >= 0.3 is 0 Å². The van der Waals surface area contributed by atoms with Crippen LogP contribution >= 0.6 is 35.0 Å². The number of rotatable bonds is 4. The van der Waals surface area contributed by atoms with E-state index in [2.05, 4.69) is 0 Å². The van der Waals surface area contributed by atoms with E-state index in [1.54, 1.807) is 4.57 Å². The van der Waals surface area contributed by atoms with Crippen molar-refractivity contribution in [1.29, 1.82) is 0 Å². The molecule has 0 bridgehead atoms. The molecule has 0 radical (unpaired) electrons. The van der Waals surface area contributed by atoms with Crippen molar-refractivity contribution in [3.05, 3.63) is 64.4 Å². The quantitative estimate of drug-likeness (QED) is 0.357. The minimum absolute atomic E-state index is 0.0544. The van der Waals surface area contributed by atoms with Gasteiger partial charge in [0.05, 0.1) is 16.6 Å². The number of hydrogen-bond acceptors (Lipinski definition) is 3. The first-order valence-electron chi connectivity index (χ1n) is 8.06. The molecule has 1 saturated carbocycles. The molecule has 1 fully saturated rings. The first-order valence-corrected chi connectivity index (χ1v) is 9.80. The molecule has 2 aromatic carbocycles. The number of thioether (sulfide) groups is 1. The monoisotopic (exact) mass is 390 g/mol. The van der Waals surface area contributed by atoms with E-state index in [0.717, 1.165) is 23.4 Å². The predicted octanol–water partition coefficient (Wildman–Crippen LogP) is 4.98. The van der Waals surface area contributed by atoms with E-state index in [1.165, 1.54) is 11.8 Å². The first kappa shape index (κ1) is 17.0. The summed E-state index contributed by atoms with van der Waals surface area (Å²) in [6, 6.07) is 15.3. The van der Waals surface area contributed by atoms with Gasteiger partial charge < -0.3 is 0 Å². The maximum atomic E-state index is 13.1. The Morgan fingerprint density at radius 1 is 1.20 bits per heavy atom. The zero-order chi connectivity index (χ0) is 17.6. The number of fused-ring (bicyclic) bond motifs is 1. The molecule has 1 aromatic heterocycles. The summed E-state index contributed by atoms with van der Waals surface area (Å²) >= 11 is 13.8. The highest BCUT2D eigenvalue weighted by Gasteiger charge is 2.51. The van der Waals surface area contributed by atoms with Crippen LogP contribution in [0.4, 0.5) is 0 Å².